The number of carbonyl (C=O) groups excluding carboxylic acids is 1. The third kappa shape index (κ3) is 2.97. The highest BCUT2D eigenvalue weighted by Crippen LogP contribution is 2.01. The van der Waals surface area contributed by atoms with Crippen molar-refractivity contribution in [2.75, 3.05) is 20.6 Å². The summed E-state index contributed by atoms with van der Waals surface area (Å²) in [7, 11) is 3.91. The Hall–Kier alpha value is -0.370. The van der Waals surface area contributed by atoms with Gasteiger partial charge >= 0.3 is 5.91 Å². The van der Waals surface area contributed by atoms with Crippen molar-refractivity contribution in [2.45, 2.75) is 26.7 Å². The first-order valence-corrected chi connectivity index (χ1v) is 3.85. The molecular weight excluding hydrogens is 126 g/mol. The van der Waals surface area contributed by atoms with Crippen molar-refractivity contribution in [3.63, 3.8) is 0 Å². The predicted molar refractivity (Wildman–Crippen MR) is 42.6 cm³/mol. The molecule has 2 nitrogen and oxygen atoms in total. The van der Waals surface area contributed by atoms with Gasteiger partial charge in [-0.1, -0.05) is 13.3 Å². The third-order valence-electron chi connectivity index (χ3n) is 1.92. The topological polar surface area (TPSA) is 17.1 Å². The molecule has 0 N–H and O–H groups in total. The van der Waals surface area contributed by atoms with Crippen LogP contribution in [0.5, 0.6) is 0 Å². The second-order valence-electron chi connectivity index (χ2n) is 3.28. The number of amides is 1. The highest BCUT2D eigenvalue weighted by molar-refractivity contribution is 5.65. The first-order valence-electron chi connectivity index (χ1n) is 3.85. The van der Waals surface area contributed by atoms with Crippen LogP contribution in [-0.2, 0) is 4.79 Å². The molecule has 2 heteroatoms. The van der Waals surface area contributed by atoms with E-state index in [-0.39, 0.29) is 5.91 Å². The van der Waals surface area contributed by atoms with E-state index >= 15 is 0 Å². The smallest absolute Gasteiger partial charge is 0.266 e. The molecule has 0 aromatic carbocycles. The Morgan fingerprint density at radius 1 is 1.40 bits per heavy atom. The molecule has 0 aliphatic rings. The Labute approximate surface area is 63.4 Å². The number of quaternary nitrogens is 1. The maximum atomic E-state index is 10.9. The van der Waals surface area contributed by atoms with Crippen LogP contribution < -0.4 is 0 Å². The first-order chi connectivity index (χ1) is 4.50. The van der Waals surface area contributed by atoms with Gasteiger partial charge in [-0.05, 0) is 6.42 Å². The van der Waals surface area contributed by atoms with Crippen LogP contribution in [0, 0.1) is 0 Å². The highest BCUT2D eigenvalue weighted by Gasteiger charge is 2.19. The number of hydrogen-bond donors (Lipinski definition) is 0. The molecule has 0 fully saturated rings. The standard InChI is InChI=1S/C8H18NO/c1-5-6-7-9(3,4)8(2)10/h5-7H2,1-4H3/q+1. The number of nitrogens with zero attached hydrogens (tertiary/aromatic N) is 1. The number of carbonyl (C=O) groups is 1. The second kappa shape index (κ2) is 3.71. The van der Waals surface area contributed by atoms with Gasteiger partial charge in [0.25, 0.3) is 0 Å². The minimum atomic E-state index is 0.244. The van der Waals surface area contributed by atoms with E-state index in [1.165, 1.54) is 0 Å². The number of hydrogen-bond acceptors (Lipinski definition) is 1. The van der Waals surface area contributed by atoms with Crippen LogP contribution in [0.3, 0.4) is 0 Å². The van der Waals surface area contributed by atoms with Gasteiger partial charge in [0.05, 0.1) is 27.6 Å². The summed E-state index contributed by atoms with van der Waals surface area (Å²) in [6, 6.07) is 0. The quantitative estimate of drug-likeness (QED) is 0.547. The number of rotatable bonds is 3. The van der Waals surface area contributed by atoms with Crippen molar-refractivity contribution in [2.24, 2.45) is 0 Å². The van der Waals surface area contributed by atoms with Crippen LogP contribution in [0.2, 0.25) is 0 Å². The fourth-order valence-corrected chi connectivity index (χ4v) is 0.711. The Morgan fingerprint density at radius 3 is 2.20 bits per heavy atom. The lowest BCUT2D eigenvalue weighted by molar-refractivity contribution is -0.813. The summed E-state index contributed by atoms with van der Waals surface area (Å²) in [5, 5.41) is 0. The maximum absolute atomic E-state index is 10.9. The van der Waals surface area contributed by atoms with Gasteiger partial charge in [-0.15, -0.1) is 0 Å². The lowest BCUT2D eigenvalue weighted by atomic mass is 10.3. The lowest BCUT2D eigenvalue weighted by Gasteiger charge is -2.24. The molecule has 0 atom stereocenters. The molecular formula is C8H18NO+. The van der Waals surface area contributed by atoms with Crippen LogP contribution in [-0.4, -0.2) is 31.0 Å². The lowest BCUT2D eigenvalue weighted by Crippen LogP contribution is -2.44. The van der Waals surface area contributed by atoms with Crippen molar-refractivity contribution in [3.05, 3.63) is 0 Å². The molecule has 0 aliphatic heterocycles. The summed E-state index contributed by atoms with van der Waals surface area (Å²) in [5.41, 5.74) is 0. The van der Waals surface area contributed by atoms with Gasteiger partial charge < -0.3 is 0 Å². The normalized spacial score (nSPS) is 11.6. The van der Waals surface area contributed by atoms with Gasteiger partial charge in [0.15, 0.2) is 0 Å². The molecule has 0 bridgehead atoms. The van der Waals surface area contributed by atoms with E-state index in [4.69, 9.17) is 0 Å². The predicted octanol–water partition coefficient (Wildman–Crippen LogP) is 1.41. The van der Waals surface area contributed by atoms with Crippen LogP contribution in [0.25, 0.3) is 0 Å². The largest absolute Gasteiger partial charge is 0.310 e. The van der Waals surface area contributed by atoms with Crippen molar-refractivity contribution in [1.82, 2.24) is 0 Å². The van der Waals surface area contributed by atoms with E-state index < -0.39 is 0 Å². The van der Waals surface area contributed by atoms with Crippen molar-refractivity contribution >= 4 is 5.91 Å². The van der Waals surface area contributed by atoms with Crippen molar-refractivity contribution in [3.8, 4) is 0 Å². The zero-order valence-corrected chi connectivity index (χ0v) is 7.48. The average Bonchev–Trinajstić information content (AvgIpc) is 1.84. The molecule has 0 aromatic rings. The van der Waals surface area contributed by atoms with Gasteiger partial charge in [0.2, 0.25) is 0 Å². The Morgan fingerprint density at radius 2 is 1.90 bits per heavy atom. The zero-order valence-electron chi connectivity index (χ0n) is 7.48. The fraction of sp³-hybridized carbons (Fsp3) is 0.875. The molecule has 0 aliphatic carbocycles. The summed E-state index contributed by atoms with van der Waals surface area (Å²) in [4.78, 5) is 10.9. The second-order valence-corrected chi connectivity index (χ2v) is 3.28. The van der Waals surface area contributed by atoms with Crippen molar-refractivity contribution in [1.29, 1.82) is 0 Å². The van der Waals surface area contributed by atoms with Crippen LogP contribution >= 0.6 is 0 Å². The molecule has 0 radical (unpaired) electrons. The van der Waals surface area contributed by atoms with E-state index in [0.29, 0.717) is 4.48 Å². The SMILES string of the molecule is CCCC[N+](C)(C)C(C)=O. The summed E-state index contributed by atoms with van der Waals surface area (Å²) < 4.78 is 0.522. The molecule has 0 spiro atoms. The molecule has 0 saturated carbocycles. The summed E-state index contributed by atoms with van der Waals surface area (Å²) in [6.45, 7) is 4.75. The molecule has 0 saturated heterocycles. The molecule has 1 amide bonds. The summed E-state index contributed by atoms with van der Waals surface area (Å²) in [6.07, 6.45) is 2.29. The van der Waals surface area contributed by atoms with E-state index in [1.54, 1.807) is 6.92 Å². The van der Waals surface area contributed by atoms with Crippen LogP contribution in [0.15, 0.2) is 0 Å². The van der Waals surface area contributed by atoms with E-state index in [1.807, 2.05) is 14.1 Å². The van der Waals surface area contributed by atoms with Gasteiger partial charge in [0, 0.05) is 0 Å². The average molecular weight is 144 g/mol. The minimum absolute atomic E-state index is 0.244. The molecule has 0 unspecified atom stereocenters. The van der Waals surface area contributed by atoms with E-state index in [2.05, 4.69) is 6.92 Å². The van der Waals surface area contributed by atoms with E-state index in [0.717, 1.165) is 19.4 Å². The maximum Gasteiger partial charge on any atom is 0.310 e. The van der Waals surface area contributed by atoms with Gasteiger partial charge in [-0.25, -0.2) is 4.79 Å². The molecule has 0 heterocycles. The molecule has 0 aromatic heterocycles. The molecule has 0 rings (SSSR count). The molecule has 60 valence electrons. The first kappa shape index (κ1) is 9.63. The number of unbranched alkanes of at least 4 members (excludes halogenated alkanes) is 1. The zero-order chi connectivity index (χ0) is 8.20. The van der Waals surface area contributed by atoms with Gasteiger partial charge in [0.1, 0.15) is 0 Å². The van der Waals surface area contributed by atoms with Crippen LogP contribution in [0.4, 0.5) is 0 Å². The van der Waals surface area contributed by atoms with Gasteiger partial charge in [-0.3, -0.25) is 4.48 Å². The summed E-state index contributed by atoms with van der Waals surface area (Å²) in [5.74, 6) is 0.244. The summed E-state index contributed by atoms with van der Waals surface area (Å²) >= 11 is 0. The third-order valence-corrected chi connectivity index (χ3v) is 1.92. The van der Waals surface area contributed by atoms with Crippen LogP contribution in [0.1, 0.15) is 26.7 Å². The Balaban J connectivity index is 3.75. The highest BCUT2D eigenvalue weighted by atomic mass is 16.2. The van der Waals surface area contributed by atoms with Crippen molar-refractivity contribution < 1.29 is 9.28 Å². The monoisotopic (exact) mass is 144 g/mol. The molecule has 10 heavy (non-hydrogen) atoms. The fourth-order valence-electron chi connectivity index (χ4n) is 0.711. The minimum Gasteiger partial charge on any atom is -0.266 e. The van der Waals surface area contributed by atoms with E-state index in [9.17, 15) is 4.79 Å². The Kier molecular flexibility index (Phi) is 3.58. The van der Waals surface area contributed by atoms with Gasteiger partial charge in [-0.2, -0.15) is 0 Å². The Bertz CT molecular complexity index is 118.